The number of carbonyl (C=O) groups excluding carboxylic acids is 1. The minimum Gasteiger partial charge on any atom is -0.445 e. The van der Waals surface area contributed by atoms with Gasteiger partial charge in [0.25, 0.3) is 10.1 Å². The van der Waals surface area contributed by atoms with Crippen LogP contribution in [-0.2, 0) is 25.6 Å². The highest BCUT2D eigenvalue weighted by Gasteiger charge is 2.25. The van der Waals surface area contributed by atoms with E-state index in [9.17, 15) is 18.3 Å². The Morgan fingerprint density at radius 3 is 2.23 bits per heavy atom. The van der Waals surface area contributed by atoms with Gasteiger partial charge >= 0.3 is 6.09 Å². The molecule has 0 aliphatic rings. The lowest BCUT2D eigenvalue weighted by atomic mass is 10.0. The first-order valence-corrected chi connectivity index (χ1v) is 9.71. The van der Waals surface area contributed by atoms with E-state index in [4.69, 9.17) is 8.92 Å². The van der Waals surface area contributed by atoms with Crippen molar-refractivity contribution < 1.29 is 27.2 Å². The second-order valence-electron chi connectivity index (χ2n) is 5.66. The van der Waals surface area contributed by atoms with Gasteiger partial charge in [0.1, 0.15) is 12.7 Å². The average Bonchev–Trinajstić information content (AvgIpc) is 2.63. The van der Waals surface area contributed by atoms with Gasteiger partial charge in [0, 0.05) is 0 Å². The lowest BCUT2D eigenvalue weighted by Crippen LogP contribution is -2.43. The van der Waals surface area contributed by atoms with Gasteiger partial charge in [-0.2, -0.15) is 8.42 Å². The maximum absolute atomic E-state index is 12.0. The van der Waals surface area contributed by atoms with Gasteiger partial charge in [0.2, 0.25) is 0 Å². The van der Waals surface area contributed by atoms with Gasteiger partial charge < -0.3 is 15.2 Å². The Hall–Kier alpha value is -2.42. The maximum atomic E-state index is 12.0. The van der Waals surface area contributed by atoms with E-state index >= 15 is 0 Å². The quantitative estimate of drug-likeness (QED) is 0.680. The molecule has 0 saturated heterocycles. The number of nitrogens with one attached hydrogen (secondary N) is 1. The molecule has 7 nitrogen and oxygen atoms in total. The van der Waals surface area contributed by atoms with Crippen LogP contribution in [0.4, 0.5) is 4.79 Å². The van der Waals surface area contributed by atoms with Crippen LogP contribution in [0, 0.1) is 0 Å². The summed E-state index contributed by atoms with van der Waals surface area (Å²) in [5.74, 6) is 0. The summed E-state index contributed by atoms with van der Waals surface area (Å²) in [6.07, 6.45) is -1.06. The number of carbonyl (C=O) groups is 1. The van der Waals surface area contributed by atoms with Crippen molar-refractivity contribution in [1.29, 1.82) is 0 Å². The zero-order valence-electron chi connectivity index (χ0n) is 14.2. The SMILES string of the molecule is CS(=O)(=O)OC[C@H](NC(=O)OCc1ccccc1)[C@@H](O)c1ccccc1. The van der Waals surface area contributed by atoms with Gasteiger partial charge in [-0.05, 0) is 11.1 Å². The lowest BCUT2D eigenvalue weighted by Gasteiger charge is -2.23. The number of benzene rings is 2. The van der Waals surface area contributed by atoms with E-state index in [1.54, 1.807) is 42.5 Å². The van der Waals surface area contributed by atoms with Crippen LogP contribution >= 0.6 is 0 Å². The molecule has 0 saturated carbocycles. The van der Waals surface area contributed by atoms with Crippen LogP contribution in [0.15, 0.2) is 60.7 Å². The van der Waals surface area contributed by atoms with E-state index in [0.29, 0.717) is 5.56 Å². The Balaban J connectivity index is 2.01. The van der Waals surface area contributed by atoms with Crippen LogP contribution in [0.3, 0.4) is 0 Å². The smallest absolute Gasteiger partial charge is 0.407 e. The highest BCUT2D eigenvalue weighted by atomic mass is 32.2. The van der Waals surface area contributed by atoms with Crippen molar-refractivity contribution in [2.24, 2.45) is 0 Å². The fraction of sp³-hybridized carbons (Fsp3) is 0.278. The molecule has 1 amide bonds. The molecule has 2 rings (SSSR count). The van der Waals surface area contributed by atoms with Crippen LogP contribution in [0.1, 0.15) is 17.2 Å². The van der Waals surface area contributed by atoms with Gasteiger partial charge in [-0.25, -0.2) is 4.79 Å². The van der Waals surface area contributed by atoms with Crippen molar-refractivity contribution in [2.45, 2.75) is 18.8 Å². The predicted molar refractivity (Wildman–Crippen MR) is 95.7 cm³/mol. The topological polar surface area (TPSA) is 102 Å². The van der Waals surface area contributed by atoms with E-state index in [-0.39, 0.29) is 6.61 Å². The minimum atomic E-state index is -3.73. The lowest BCUT2D eigenvalue weighted by molar-refractivity contribution is 0.0829. The molecule has 0 unspecified atom stereocenters. The van der Waals surface area contributed by atoms with Crippen molar-refractivity contribution in [3.63, 3.8) is 0 Å². The zero-order chi connectivity index (χ0) is 19.0. The fourth-order valence-electron chi connectivity index (χ4n) is 2.21. The normalized spacial score (nSPS) is 13.6. The predicted octanol–water partition coefficient (Wildman–Crippen LogP) is 1.99. The molecular weight excluding hydrogens is 358 g/mol. The molecule has 0 aromatic heterocycles. The number of hydrogen-bond acceptors (Lipinski definition) is 6. The summed E-state index contributed by atoms with van der Waals surface area (Å²) in [4.78, 5) is 12.0. The molecule has 8 heteroatoms. The molecule has 26 heavy (non-hydrogen) atoms. The van der Waals surface area contributed by atoms with Crippen molar-refractivity contribution in [3.8, 4) is 0 Å². The van der Waals surface area contributed by atoms with E-state index < -0.39 is 35.0 Å². The van der Waals surface area contributed by atoms with Gasteiger partial charge in [0.05, 0.1) is 18.9 Å². The van der Waals surface area contributed by atoms with Crippen LogP contribution in [0.5, 0.6) is 0 Å². The zero-order valence-corrected chi connectivity index (χ0v) is 15.1. The van der Waals surface area contributed by atoms with Crippen molar-refractivity contribution in [2.75, 3.05) is 12.9 Å². The number of aliphatic hydroxyl groups is 1. The Labute approximate surface area is 152 Å². The third kappa shape index (κ3) is 6.83. The van der Waals surface area contributed by atoms with Crippen molar-refractivity contribution in [1.82, 2.24) is 5.32 Å². The number of aliphatic hydroxyl groups excluding tert-OH is 1. The third-order valence-corrected chi connectivity index (χ3v) is 4.06. The van der Waals surface area contributed by atoms with Crippen LogP contribution < -0.4 is 5.32 Å². The molecular formula is C18H21NO6S. The molecule has 0 aliphatic heterocycles. The molecule has 0 fully saturated rings. The van der Waals surface area contributed by atoms with Gasteiger partial charge in [-0.3, -0.25) is 4.18 Å². The van der Waals surface area contributed by atoms with Crippen LogP contribution in [0.25, 0.3) is 0 Å². The summed E-state index contributed by atoms with van der Waals surface area (Å²) >= 11 is 0. The first kappa shape index (κ1) is 19.9. The maximum Gasteiger partial charge on any atom is 0.407 e. The second kappa shape index (κ2) is 9.33. The largest absolute Gasteiger partial charge is 0.445 e. The van der Waals surface area contributed by atoms with Gasteiger partial charge in [-0.1, -0.05) is 60.7 Å². The Morgan fingerprint density at radius 2 is 1.65 bits per heavy atom. The summed E-state index contributed by atoms with van der Waals surface area (Å²) < 4.78 is 32.3. The number of rotatable bonds is 8. The Kier molecular flexibility index (Phi) is 7.14. The van der Waals surface area contributed by atoms with Crippen molar-refractivity contribution in [3.05, 3.63) is 71.8 Å². The van der Waals surface area contributed by atoms with E-state index in [2.05, 4.69) is 5.32 Å². The first-order valence-electron chi connectivity index (χ1n) is 7.90. The number of ether oxygens (including phenoxy) is 1. The van der Waals surface area contributed by atoms with Gasteiger partial charge in [-0.15, -0.1) is 0 Å². The van der Waals surface area contributed by atoms with Crippen LogP contribution in [-0.4, -0.2) is 38.5 Å². The summed E-state index contributed by atoms with van der Waals surface area (Å²) in [6.45, 7) is -0.372. The second-order valence-corrected chi connectivity index (χ2v) is 7.30. The molecule has 0 heterocycles. The molecule has 140 valence electrons. The minimum absolute atomic E-state index is 0.0494. The summed E-state index contributed by atoms with van der Waals surface area (Å²) in [5.41, 5.74) is 1.31. The number of hydrogen-bond donors (Lipinski definition) is 2. The highest BCUT2D eigenvalue weighted by molar-refractivity contribution is 7.85. The van der Waals surface area contributed by atoms with E-state index in [1.165, 1.54) is 0 Å². The molecule has 2 atom stereocenters. The summed E-state index contributed by atoms with van der Waals surface area (Å²) in [5, 5.41) is 12.9. The molecule has 2 N–H and O–H groups in total. The monoisotopic (exact) mass is 379 g/mol. The first-order chi connectivity index (χ1) is 12.3. The molecule has 0 spiro atoms. The highest BCUT2D eigenvalue weighted by Crippen LogP contribution is 2.17. The number of amides is 1. The molecule has 2 aromatic rings. The average molecular weight is 379 g/mol. The standard InChI is InChI=1S/C18H21NO6S/c1-26(22,23)25-13-16(17(20)15-10-6-3-7-11-15)19-18(21)24-12-14-8-4-2-5-9-14/h2-11,16-17,20H,12-13H2,1H3,(H,19,21)/t16-,17-/m0/s1. The molecule has 2 aromatic carbocycles. The molecule has 0 radical (unpaired) electrons. The van der Waals surface area contributed by atoms with E-state index in [1.807, 2.05) is 18.2 Å². The van der Waals surface area contributed by atoms with Crippen molar-refractivity contribution >= 4 is 16.2 Å². The fourth-order valence-corrected chi connectivity index (χ4v) is 2.60. The molecule has 0 bridgehead atoms. The Bertz CT molecular complexity index is 795. The third-order valence-electron chi connectivity index (χ3n) is 3.50. The Morgan fingerprint density at radius 1 is 1.08 bits per heavy atom. The van der Waals surface area contributed by atoms with E-state index in [0.717, 1.165) is 11.8 Å². The summed E-state index contributed by atoms with van der Waals surface area (Å²) in [6, 6.07) is 16.6. The number of alkyl carbamates (subject to hydrolysis) is 1. The molecule has 0 aliphatic carbocycles. The summed E-state index contributed by atoms with van der Waals surface area (Å²) in [7, 11) is -3.73. The van der Waals surface area contributed by atoms with Crippen LogP contribution in [0.2, 0.25) is 0 Å². The van der Waals surface area contributed by atoms with Gasteiger partial charge in [0.15, 0.2) is 0 Å².